The third-order valence-corrected chi connectivity index (χ3v) is 3.72. The molecule has 1 aliphatic heterocycles. The van der Waals surface area contributed by atoms with Crippen LogP contribution in [0.3, 0.4) is 0 Å². The second kappa shape index (κ2) is 5.52. The molecule has 1 unspecified atom stereocenters. The van der Waals surface area contributed by atoms with Crippen molar-refractivity contribution in [3.05, 3.63) is 30.1 Å². The normalized spacial score (nSPS) is 20.7. The van der Waals surface area contributed by atoms with Crippen LogP contribution in [-0.2, 0) is 0 Å². The Morgan fingerprint density at radius 1 is 1.47 bits per heavy atom. The van der Waals surface area contributed by atoms with E-state index in [2.05, 4.69) is 5.32 Å². The van der Waals surface area contributed by atoms with Gasteiger partial charge in [-0.25, -0.2) is 4.39 Å². The Balaban J connectivity index is 1.73. The maximum atomic E-state index is 12.9. The lowest BCUT2D eigenvalue weighted by Crippen LogP contribution is -2.21. The molecule has 15 heavy (non-hydrogen) atoms. The SMILES string of the molecule is Fc1cccc(SCCC2CCCN2)c1. The Morgan fingerprint density at radius 3 is 3.13 bits per heavy atom. The molecule has 0 spiro atoms. The lowest BCUT2D eigenvalue weighted by molar-refractivity contribution is 0.592. The van der Waals surface area contributed by atoms with E-state index in [-0.39, 0.29) is 5.82 Å². The standard InChI is InChI=1S/C12H16FNS/c13-10-3-1-5-12(9-10)15-8-6-11-4-2-7-14-11/h1,3,5,9,11,14H,2,4,6-8H2. The second-order valence-electron chi connectivity index (χ2n) is 3.89. The van der Waals surface area contributed by atoms with Crippen molar-refractivity contribution in [1.29, 1.82) is 0 Å². The number of nitrogens with one attached hydrogen (secondary N) is 1. The molecule has 0 bridgehead atoms. The average Bonchev–Trinajstić information content (AvgIpc) is 2.71. The maximum Gasteiger partial charge on any atom is 0.124 e. The molecule has 1 fully saturated rings. The minimum Gasteiger partial charge on any atom is -0.314 e. The topological polar surface area (TPSA) is 12.0 Å². The van der Waals surface area contributed by atoms with Gasteiger partial charge in [0.1, 0.15) is 5.82 Å². The van der Waals surface area contributed by atoms with Gasteiger partial charge in [-0.05, 0) is 49.8 Å². The van der Waals surface area contributed by atoms with Crippen molar-refractivity contribution < 1.29 is 4.39 Å². The number of halogens is 1. The molecular formula is C12H16FNS. The van der Waals surface area contributed by atoms with Crippen LogP contribution in [0.1, 0.15) is 19.3 Å². The van der Waals surface area contributed by atoms with Crippen molar-refractivity contribution >= 4 is 11.8 Å². The molecule has 2 rings (SSSR count). The quantitative estimate of drug-likeness (QED) is 0.790. The fourth-order valence-electron chi connectivity index (χ4n) is 1.88. The zero-order chi connectivity index (χ0) is 10.5. The highest BCUT2D eigenvalue weighted by Gasteiger charge is 2.13. The van der Waals surface area contributed by atoms with Crippen molar-refractivity contribution in [3.8, 4) is 0 Å². The number of thioether (sulfide) groups is 1. The van der Waals surface area contributed by atoms with E-state index in [4.69, 9.17) is 0 Å². The Morgan fingerprint density at radius 2 is 2.40 bits per heavy atom. The fraction of sp³-hybridized carbons (Fsp3) is 0.500. The van der Waals surface area contributed by atoms with Gasteiger partial charge in [-0.2, -0.15) is 0 Å². The minimum atomic E-state index is -0.140. The summed E-state index contributed by atoms with van der Waals surface area (Å²) >= 11 is 1.74. The van der Waals surface area contributed by atoms with Gasteiger partial charge in [0.2, 0.25) is 0 Å². The van der Waals surface area contributed by atoms with Gasteiger partial charge in [0.15, 0.2) is 0 Å². The monoisotopic (exact) mass is 225 g/mol. The van der Waals surface area contributed by atoms with Crippen molar-refractivity contribution in [2.24, 2.45) is 0 Å². The summed E-state index contributed by atoms with van der Waals surface area (Å²) in [5, 5.41) is 3.47. The Bertz CT molecular complexity index is 310. The van der Waals surface area contributed by atoms with E-state index in [9.17, 15) is 4.39 Å². The van der Waals surface area contributed by atoms with Crippen molar-refractivity contribution in [1.82, 2.24) is 5.32 Å². The summed E-state index contributed by atoms with van der Waals surface area (Å²) < 4.78 is 12.9. The molecule has 1 aliphatic rings. The zero-order valence-corrected chi connectivity index (χ0v) is 9.52. The molecule has 1 N–H and O–H groups in total. The summed E-state index contributed by atoms with van der Waals surface area (Å²) in [6.45, 7) is 1.16. The van der Waals surface area contributed by atoms with E-state index in [1.807, 2.05) is 6.07 Å². The summed E-state index contributed by atoms with van der Waals surface area (Å²) in [6.07, 6.45) is 3.78. The summed E-state index contributed by atoms with van der Waals surface area (Å²) in [5.41, 5.74) is 0. The van der Waals surface area contributed by atoms with Crippen LogP contribution in [0.5, 0.6) is 0 Å². The van der Waals surface area contributed by atoms with Crippen LogP contribution in [-0.4, -0.2) is 18.3 Å². The number of benzene rings is 1. The highest BCUT2D eigenvalue weighted by Crippen LogP contribution is 2.21. The molecule has 1 nitrogen and oxygen atoms in total. The largest absolute Gasteiger partial charge is 0.314 e. The van der Waals surface area contributed by atoms with Crippen molar-refractivity contribution in [3.63, 3.8) is 0 Å². The predicted molar refractivity (Wildman–Crippen MR) is 62.8 cm³/mol. The third-order valence-electron chi connectivity index (χ3n) is 2.69. The van der Waals surface area contributed by atoms with E-state index in [0.717, 1.165) is 17.2 Å². The number of hydrogen-bond acceptors (Lipinski definition) is 2. The van der Waals surface area contributed by atoms with Crippen LogP contribution < -0.4 is 5.32 Å². The summed E-state index contributed by atoms with van der Waals surface area (Å²) in [7, 11) is 0. The molecule has 1 saturated heterocycles. The fourth-order valence-corrected chi connectivity index (χ4v) is 2.89. The van der Waals surface area contributed by atoms with E-state index in [1.54, 1.807) is 23.9 Å². The summed E-state index contributed by atoms with van der Waals surface area (Å²) in [6, 6.07) is 7.52. The lowest BCUT2D eigenvalue weighted by Gasteiger charge is -2.08. The molecule has 1 aromatic carbocycles. The highest BCUT2D eigenvalue weighted by atomic mass is 32.2. The van der Waals surface area contributed by atoms with Gasteiger partial charge >= 0.3 is 0 Å². The van der Waals surface area contributed by atoms with Gasteiger partial charge in [0.25, 0.3) is 0 Å². The Labute approximate surface area is 94.5 Å². The highest BCUT2D eigenvalue weighted by molar-refractivity contribution is 7.99. The first kappa shape index (κ1) is 11.0. The molecule has 1 atom stereocenters. The molecule has 1 aromatic rings. The third kappa shape index (κ3) is 3.50. The molecule has 0 aromatic heterocycles. The van der Waals surface area contributed by atoms with Crippen LogP contribution in [0.4, 0.5) is 4.39 Å². The van der Waals surface area contributed by atoms with Crippen LogP contribution in [0.2, 0.25) is 0 Å². The van der Waals surface area contributed by atoms with Crippen LogP contribution in [0.15, 0.2) is 29.2 Å². The van der Waals surface area contributed by atoms with Gasteiger partial charge in [-0.3, -0.25) is 0 Å². The van der Waals surface area contributed by atoms with E-state index >= 15 is 0 Å². The van der Waals surface area contributed by atoms with E-state index < -0.39 is 0 Å². The van der Waals surface area contributed by atoms with Crippen molar-refractivity contribution in [2.45, 2.75) is 30.2 Å². The van der Waals surface area contributed by atoms with Gasteiger partial charge in [0.05, 0.1) is 0 Å². The van der Waals surface area contributed by atoms with Crippen molar-refractivity contribution in [2.75, 3.05) is 12.3 Å². The molecule has 0 radical (unpaired) electrons. The molecule has 82 valence electrons. The molecule has 3 heteroatoms. The molecular weight excluding hydrogens is 209 g/mol. The van der Waals surface area contributed by atoms with Gasteiger partial charge in [0, 0.05) is 10.9 Å². The smallest absolute Gasteiger partial charge is 0.124 e. The predicted octanol–water partition coefficient (Wildman–Crippen LogP) is 3.06. The average molecular weight is 225 g/mol. The number of rotatable bonds is 4. The van der Waals surface area contributed by atoms with Crippen LogP contribution >= 0.6 is 11.8 Å². The maximum absolute atomic E-state index is 12.9. The van der Waals surface area contributed by atoms with Crippen LogP contribution in [0.25, 0.3) is 0 Å². The van der Waals surface area contributed by atoms with E-state index in [0.29, 0.717) is 6.04 Å². The second-order valence-corrected chi connectivity index (χ2v) is 5.06. The Kier molecular flexibility index (Phi) is 4.03. The zero-order valence-electron chi connectivity index (χ0n) is 8.71. The van der Waals surface area contributed by atoms with Crippen LogP contribution in [0, 0.1) is 5.82 Å². The molecule has 0 aliphatic carbocycles. The van der Waals surface area contributed by atoms with Gasteiger partial charge < -0.3 is 5.32 Å². The first-order valence-electron chi connectivity index (χ1n) is 5.46. The van der Waals surface area contributed by atoms with Gasteiger partial charge in [-0.1, -0.05) is 6.07 Å². The van der Waals surface area contributed by atoms with E-state index in [1.165, 1.54) is 25.3 Å². The Hall–Kier alpha value is -0.540. The summed E-state index contributed by atoms with van der Waals surface area (Å²) in [4.78, 5) is 1.04. The molecule has 0 amide bonds. The number of hydrogen-bond donors (Lipinski definition) is 1. The van der Waals surface area contributed by atoms with Gasteiger partial charge in [-0.15, -0.1) is 11.8 Å². The lowest BCUT2D eigenvalue weighted by atomic mass is 10.2. The molecule has 1 heterocycles. The first-order chi connectivity index (χ1) is 7.34. The molecule has 0 saturated carbocycles. The minimum absolute atomic E-state index is 0.140. The first-order valence-corrected chi connectivity index (χ1v) is 6.45. The summed E-state index contributed by atoms with van der Waals surface area (Å²) in [5.74, 6) is 0.931.